The van der Waals surface area contributed by atoms with Gasteiger partial charge in [0.05, 0.1) is 12.6 Å². The van der Waals surface area contributed by atoms with E-state index in [9.17, 15) is 14.4 Å². The lowest BCUT2D eigenvalue weighted by molar-refractivity contribution is -0.133. The normalized spacial score (nSPS) is 19.3. The van der Waals surface area contributed by atoms with Gasteiger partial charge in [0.15, 0.2) is 0 Å². The molecule has 2 atom stereocenters. The first-order valence-electron chi connectivity index (χ1n) is 13.7. The Morgan fingerprint density at radius 1 is 0.950 bits per heavy atom. The van der Waals surface area contributed by atoms with E-state index in [1.807, 2.05) is 73.3 Å². The maximum atomic E-state index is 14.4. The Morgan fingerprint density at radius 2 is 1.77 bits per heavy atom. The van der Waals surface area contributed by atoms with Gasteiger partial charge in [0, 0.05) is 35.9 Å². The average molecular weight is 537 g/mol. The molecule has 1 saturated heterocycles. The summed E-state index contributed by atoms with van der Waals surface area (Å²) in [5, 5.41) is 7.72. The molecule has 3 aliphatic rings. The summed E-state index contributed by atoms with van der Waals surface area (Å²) in [5.41, 5.74) is 6.15. The Bertz CT molecular complexity index is 1650. The molecule has 4 heterocycles. The summed E-state index contributed by atoms with van der Waals surface area (Å²) in [4.78, 5) is 44.1. The third-order valence-electron chi connectivity index (χ3n) is 8.02. The van der Waals surface area contributed by atoms with Crippen molar-refractivity contribution >= 4 is 34.1 Å². The quantitative estimate of drug-likeness (QED) is 0.302. The van der Waals surface area contributed by atoms with Crippen molar-refractivity contribution in [2.75, 3.05) is 23.8 Å². The second-order valence-electron chi connectivity index (χ2n) is 10.6. The Labute approximate surface area is 232 Å². The lowest BCUT2D eigenvalue weighted by atomic mass is 9.93. The van der Waals surface area contributed by atoms with Crippen LogP contribution in [0.3, 0.4) is 0 Å². The van der Waals surface area contributed by atoms with Gasteiger partial charge >= 0.3 is 6.09 Å². The Kier molecular flexibility index (Phi) is 6.76. The molecule has 40 heavy (non-hydrogen) atoms. The largest absolute Gasteiger partial charge is 0.449 e. The molecule has 1 fully saturated rings. The molecule has 7 rings (SSSR count). The number of ether oxygens (including phenoxy) is 1. The van der Waals surface area contributed by atoms with Crippen molar-refractivity contribution < 1.29 is 14.3 Å². The van der Waals surface area contributed by atoms with Crippen LogP contribution in [0.2, 0.25) is 0 Å². The number of aryl methyl sites for hydroxylation is 2. The zero-order valence-electron chi connectivity index (χ0n) is 22.6. The number of carbonyl (C=O) groups is 2. The van der Waals surface area contributed by atoms with Crippen LogP contribution in [0.4, 0.5) is 16.2 Å². The molecular formula is C32H32N4O4. The first-order chi connectivity index (χ1) is 19.4. The smallest absolute Gasteiger partial charge is 0.411 e. The molecule has 3 aliphatic heterocycles. The Morgan fingerprint density at radius 3 is 2.60 bits per heavy atom. The second kappa shape index (κ2) is 10.5. The number of pyridine rings is 1. The number of carbonyl (C=O) groups excluding carboxylic acids is 2. The molecule has 8 nitrogen and oxygen atoms in total. The standard InChI is InChI=1S/C32H32N4O4/c1-19-15-23-16-20(2)26(19)11-14-40-32(39)35-24-6-3-5-22(17-24)28-7-4-13-36(28)31(38)29(23)34-25-9-8-21-10-12-33-30(37)27(21)18-25/h3,5-6,8-10,12,15-18,28-29,34H,4,7,11,13-14H2,1-2H3,(H,33,37)(H,35,39)/t28-,29-/m1/s1. The molecule has 204 valence electrons. The first-order valence-corrected chi connectivity index (χ1v) is 13.7. The number of aromatic nitrogens is 1. The molecule has 3 aromatic carbocycles. The molecule has 8 heteroatoms. The number of benzene rings is 3. The van der Waals surface area contributed by atoms with Crippen LogP contribution in [0.25, 0.3) is 10.8 Å². The maximum Gasteiger partial charge on any atom is 0.411 e. The van der Waals surface area contributed by atoms with Gasteiger partial charge in [-0.05, 0) is 90.2 Å². The van der Waals surface area contributed by atoms with Crippen molar-refractivity contribution in [3.63, 3.8) is 0 Å². The minimum absolute atomic E-state index is 0.0269. The van der Waals surface area contributed by atoms with E-state index in [4.69, 9.17) is 4.74 Å². The van der Waals surface area contributed by atoms with E-state index >= 15 is 0 Å². The van der Waals surface area contributed by atoms with Crippen LogP contribution in [0.15, 0.2) is 71.7 Å². The maximum absolute atomic E-state index is 14.4. The number of hydrogen-bond donors (Lipinski definition) is 3. The molecule has 3 N–H and O–H groups in total. The van der Waals surface area contributed by atoms with E-state index in [-0.39, 0.29) is 24.1 Å². The predicted octanol–water partition coefficient (Wildman–Crippen LogP) is 5.77. The zero-order valence-corrected chi connectivity index (χ0v) is 22.6. The van der Waals surface area contributed by atoms with Crippen molar-refractivity contribution in [1.29, 1.82) is 0 Å². The van der Waals surface area contributed by atoms with Crippen LogP contribution in [0, 0.1) is 13.8 Å². The van der Waals surface area contributed by atoms with Gasteiger partial charge in [0.2, 0.25) is 5.91 Å². The summed E-state index contributed by atoms with van der Waals surface area (Å²) in [6.45, 7) is 4.93. The van der Waals surface area contributed by atoms with Crippen molar-refractivity contribution in [1.82, 2.24) is 9.88 Å². The second-order valence-corrected chi connectivity index (χ2v) is 10.6. The zero-order chi connectivity index (χ0) is 27.8. The lowest BCUT2D eigenvalue weighted by Crippen LogP contribution is -2.38. The minimum atomic E-state index is -0.653. The van der Waals surface area contributed by atoms with E-state index in [1.54, 1.807) is 12.3 Å². The lowest BCUT2D eigenvalue weighted by Gasteiger charge is -2.31. The Balaban J connectivity index is 1.45. The minimum Gasteiger partial charge on any atom is -0.449 e. The van der Waals surface area contributed by atoms with Crippen LogP contribution in [0.1, 0.15) is 52.7 Å². The summed E-state index contributed by atoms with van der Waals surface area (Å²) in [6.07, 6.45) is 3.42. The number of H-pyrrole nitrogens is 1. The fourth-order valence-electron chi connectivity index (χ4n) is 6.08. The first kappa shape index (κ1) is 25.7. The molecule has 4 bridgehead atoms. The summed E-state index contributed by atoms with van der Waals surface area (Å²) >= 11 is 0. The fraction of sp³-hybridized carbons (Fsp3) is 0.281. The number of nitrogens with zero attached hydrogens (tertiary/aromatic N) is 1. The summed E-state index contributed by atoms with van der Waals surface area (Å²) in [5.74, 6) is -0.0269. The van der Waals surface area contributed by atoms with Crippen LogP contribution >= 0.6 is 0 Å². The van der Waals surface area contributed by atoms with Crippen molar-refractivity contribution in [3.05, 3.63) is 105 Å². The van der Waals surface area contributed by atoms with Gasteiger partial charge in [-0.2, -0.15) is 0 Å². The number of nitrogens with one attached hydrogen (secondary N) is 3. The number of hydrogen-bond acceptors (Lipinski definition) is 5. The average Bonchev–Trinajstić information content (AvgIpc) is 3.43. The third kappa shape index (κ3) is 4.93. The molecule has 0 radical (unpaired) electrons. The van der Waals surface area contributed by atoms with Crippen LogP contribution < -0.4 is 16.2 Å². The molecule has 2 amide bonds. The predicted molar refractivity (Wildman–Crippen MR) is 156 cm³/mol. The summed E-state index contributed by atoms with van der Waals surface area (Å²) in [6, 6.07) is 18.4. The van der Waals surface area contributed by atoms with Gasteiger partial charge in [-0.25, -0.2) is 4.79 Å². The highest BCUT2D eigenvalue weighted by molar-refractivity contribution is 5.89. The molecule has 4 aromatic rings. The van der Waals surface area contributed by atoms with Gasteiger partial charge in [0.25, 0.3) is 5.56 Å². The van der Waals surface area contributed by atoms with E-state index in [0.29, 0.717) is 29.7 Å². The van der Waals surface area contributed by atoms with E-state index in [0.717, 1.165) is 46.0 Å². The molecular weight excluding hydrogens is 504 g/mol. The molecule has 0 spiro atoms. The van der Waals surface area contributed by atoms with Crippen LogP contribution in [-0.2, 0) is 16.0 Å². The van der Waals surface area contributed by atoms with E-state index in [2.05, 4.69) is 15.6 Å². The van der Waals surface area contributed by atoms with Crippen molar-refractivity contribution in [2.45, 2.75) is 45.2 Å². The molecule has 0 aliphatic carbocycles. The van der Waals surface area contributed by atoms with Gasteiger partial charge in [-0.15, -0.1) is 0 Å². The number of rotatable bonds is 2. The van der Waals surface area contributed by atoms with Gasteiger partial charge in [-0.3, -0.25) is 14.9 Å². The van der Waals surface area contributed by atoms with E-state index < -0.39 is 12.1 Å². The molecule has 0 saturated carbocycles. The monoisotopic (exact) mass is 536 g/mol. The number of amides is 2. The van der Waals surface area contributed by atoms with Gasteiger partial charge in [0.1, 0.15) is 6.04 Å². The highest BCUT2D eigenvalue weighted by atomic mass is 16.5. The number of aromatic amines is 1. The number of anilines is 2. The van der Waals surface area contributed by atoms with E-state index in [1.165, 1.54) is 0 Å². The Hall–Kier alpha value is -4.59. The molecule has 0 unspecified atom stereocenters. The fourth-order valence-corrected chi connectivity index (χ4v) is 6.08. The van der Waals surface area contributed by atoms with Crippen molar-refractivity contribution in [2.24, 2.45) is 0 Å². The highest BCUT2D eigenvalue weighted by Crippen LogP contribution is 2.37. The van der Waals surface area contributed by atoms with Crippen LogP contribution in [0.5, 0.6) is 0 Å². The van der Waals surface area contributed by atoms with Gasteiger partial charge in [-0.1, -0.05) is 30.3 Å². The topological polar surface area (TPSA) is 104 Å². The van der Waals surface area contributed by atoms with Gasteiger partial charge < -0.3 is 19.9 Å². The summed E-state index contributed by atoms with van der Waals surface area (Å²) in [7, 11) is 0. The summed E-state index contributed by atoms with van der Waals surface area (Å²) < 4.78 is 5.50. The third-order valence-corrected chi connectivity index (χ3v) is 8.02. The SMILES string of the molecule is Cc1cc2cc(C)c1CCOC(=O)Nc1cccc(c1)[C@H]1CCCN1C(=O)[C@@H]2Nc1ccc2cc[nH]c(=O)c2c1. The van der Waals surface area contributed by atoms with Crippen LogP contribution in [-0.4, -0.2) is 35.0 Å². The molecule has 1 aromatic heterocycles. The highest BCUT2D eigenvalue weighted by Gasteiger charge is 2.35. The van der Waals surface area contributed by atoms with Crippen molar-refractivity contribution in [3.8, 4) is 0 Å². The number of fused-ring (bicyclic) bond motifs is 8.